The highest BCUT2D eigenvalue weighted by molar-refractivity contribution is 9.10. The molecule has 0 radical (unpaired) electrons. The fraction of sp³-hybridized carbons (Fsp3) is 0.222. The lowest BCUT2D eigenvalue weighted by Gasteiger charge is -2.10. The Morgan fingerprint density at radius 2 is 1.74 bits per heavy atom. The average molecular weight is 400 g/mol. The second-order valence-electron chi connectivity index (χ2n) is 3.53. The Balaban J connectivity index is 2.89. The topological polar surface area (TPSA) is 17.8 Å². The molecule has 2 nitrogen and oxygen atoms in total. The maximum absolute atomic E-state index is 13.9. The van der Waals surface area contributed by atoms with Crippen LogP contribution in [0.15, 0.2) is 16.6 Å². The number of imidazole rings is 1. The molecule has 0 atom stereocenters. The third-order valence-corrected chi connectivity index (χ3v) is 3.19. The molecule has 0 saturated carbocycles. The monoisotopic (exact) mass is 398 g/mol. The SMILES string of the molecule is Fn1c(C(Cl)(Cl)Cl)nc2cc(Br)cc(C(F)(F)F)c21. The van der Waals surface area contributed by atoms with Gasteiger partial charge in [0.05, 0.1) is 11.1 Å². The molecule has 0 bridgehead atoms. The minimum Gasteiger partial charge on any atom is -0.226 e. The summed E-state index contributed by atoms with van der Waals surface area (Å²) in [5, 5.41) is 0. The maximum Gasteiger partial charge on any atom is 0.418 e. The third kappa shape index (κ3) is 2.79. The van der Waals surface area contributed by atoms with Crippen molar-refractivity contribution in [1.29, 1.82) is 0 Å². The van der Waals surface area contributed by atoms with Gasteiger partial charge in [-0.05, 0) is 12.1 Å². The second kappa shape index (κ2) is 4.65. The van der Waals surface area contributed by atoms with E-state index in [9.17, 15) is 17.7 Å². The molecule has 10 heteroatoms. The van der Waals surface area contributed by atoms with Crippen LogP contribution in [0.3, 0.4) is 0 Å². The zero-order valence-corrected chi connectivity index (χ0v) is 12.4. The predicted molar refractivity (Wildman–Crippen MR) is 68.2 cm³/mol. The lowest BCUT2D eigenvalue weighted by molar-refractivity contribution is -0.136. The van der Waals surface area contributed by atoms with Gasteiger partial charge in [0.15, 0.2) is 5.82 Å². The zero-order chi connectivity index (χ0) is 14.6. The molecule has 2 aromatic rings. The van der Waals surface area contributed by atoms with Crippen LogP contribution in [0, 0.1) is 0 Å². The van der Waals surface area contributed by atoms with E-state index in [4.69, 9.17) is 34.8 Å². The van der Waals surface area contributed by atoms with Gasteiger partial charge in [-0.3, -0.25) is 0 Å². The number of alkyl halides is 6. The number of hydrogen-bond donors (Lipinski definition) is 0. The Labute approximate surface area is 127 Å². The van der Waals surface area contributed by atoms with E-state index in [0.717, 1.165) is 6.07 Å². The highest BCUT2D eigenvalue weighted by Gasteiger charge is 2.38. The van der Waals surface area contributed by atoms with Crippen LogP contribution in [0.4, 0.5) is 17.7 Å². The fourth-order valence-corrected chi connectivity index (χ4v) is 2.33. The first-order valence-corrected chi connectivity index (χ1v) is 6.47. The molecule has 0 aliphatic carbocycles. The van der Waals surface area contributed by atoms with Crippen LogP contribution in [0.5, 0.6) is 0 Å². The second-order valence-corrected chi connectivity index (χ2v) is 6.73. The van der Waals surface area contributed by atoms with Crippen molar-refractivity contribution >= 4 is 61.8 Å². The lowest BCUT2D eigenvalue weighted by atomic mass is 10.2. The number of fused-ring (bicyclic) bond motifs is 1. The summed E-state index contributed by atoms with van der Waals surface area (Å²) >= 11 is 19.3. The van der Waals surface area contributed by atoms with Crippen LogP contribution < -0.4 is 0 Å². The molecule has 0 amide bonds. The fourth-order valence-electron chi connectivity index (χ4n) is 1.53. The number of nitrogens with zero attached hydrogens (tertiary/aromatic N) is 2. The van der Waals surface area contributed by atoms with Gasteiger partial charge in [0.1, 0.15) is 5.52 Å². The van der Waals surface area contributed by atoms with Crippen molar-refractivity contribution in [3.8, 4) is 0 Å². The van der Waals surface area contributed by atoms with Crippen molar-refractivity contribution in [2.24, 2.45) is 0 Å². The van der Waals surface area contributed by atoms with Crippen molar-refractivity contribution < 1.29 is 17.7 Å². The maximum atomic E-state index is 13.9. The first-order valence-electron chi connectivity index (χ1n) is 4.54. The summed E-state index contributed by atoms with van der Waals surface area (Å²) in [5.74, 6) is -0.740. The van der Waals surface area contributed by atoms with E-state index in [1.165, 1.54) is 6.07 Å². The summed E-state index contributed by atoms with van der Waals surface area (Å²) in [7, 11) is 0. The summed E-state index contributed by atoms with van der Waals surface area (Å²) in [4.78, 5) is 3.22. The van der Waals surface area contributed by atoms with Crippen LogP contribution in [0.25, 0.3) is 11.0 Å². The van der Waals surface area contributed by atoms with Gasteiger partial charge in [0.2, 0.25) is 0 Å². The van der Waals surface area contributed by atoms with E-state index in [0.29, 0.717) is 0 Å². The van der Waals surface area contributed by atoms with Crippen LogP contribution in [0.1, 0.15) is 11.4 Å². The number of rotatable bonds is 0. The molecule has 1 heterocycles. The van der Waals surface area contributed by atoms with E-state index < -0.39 is 26.9 Å². The van der Waals surface area contributed by atoms with Crippen molar-refractivity contribution in [3.05, 3.63) is 28.0 Å². The number of benzene rings is 1. The molecule has 0 fully saturated rings. The molecule has 104 valence electrons. The van der Waals surface area contributed by atoms with Crippen molar-refractivity contribution in [2.75, 3.05) is 0 Å². The molecule has 2 rings (SSSR count). The minimum atomic E-state index is -4.77. The van der Waals surface area contributed by atoms with E-state index in [1.807, 2.05) is 0 Å². The smallest absolute Gasteiger partial charge is 0.226 e. The van der Waals surface area contributed by atoms with Gasteiger partial charge in [-0.15, -0.1) is 0 Å². The molecular weight excluding hydrogens is 398 g/mol. The van der Waals surface area contributed by atoms with Crippen LogP contribution in [0.2, 0.25) is 0 Å². The highest BCUT2D eigenvalue weighted by Crippen LogP contribution is 2.42. The lowest BCUT2D eigenvalue weighted by Crippen LogP contribution is -2.10. The Bertz CT molecular complexity index is 647. The largest absolute Gasteiger partial charge is 0.418 e. The molecule has 19 heavy (non-hydrogen) atoms. The van der Waals surface area contributed by atoms with Crippen LogP contribution >= 0.6 is 50.7 Å². The highest BCUT2D eigenvalue weighted by atomic mass is 79.9. The van der Waals surface area contributed by atoms with Crippen molar-refractivity contribution in [1.82, 2.24) is 9.77 Å². The summed E-state index contributed by atoms with van der Waals surface area (Å²) in [6.07, 6.45) is -4.77. The molecule has 0 aliphatic rings. The summed E-state index contributed by atoms with van der Waals surface area (Å²) < 4.78 is 50.3. The first kappa shape index (κ1) is 15.2. The molecule has 0 spiro atoms. The Morgan fingerprint density at radius 3 is 2.21 bits per heavy atom. The summed E-state index contributed by atoms with van der Waals surface area (Å²) in [6, 6.07) is 1.92. The van der Waals surface area contributed by atoms with Gasteiger partial charge < -0.3 is 0 Å². The standard InChI is InChI=1S/C9H2BrCl3F4N2/c10-3-1-4(9(14,15)16)6-5(2-3)18-7(19(6)17)8(11,12)13/h1-2H. The Hall–Kier alpha value is -0.240. The average Bonchev–Trinajstić information content (AvgIpc) is 2.52. The van der Waals surface area contributed by atoms with E-state index in [-0.39, 0.29) is 14.8 Å². The summed E-state index contributed by atoms with van der Waals surface area (Å²) in [5.41, 5.74) is -2.28. The molecule has 0 N–H and O–H groups in total. The van der Waals surface area contributed by atoms with Gasteiger partial charge in [-0.25, -0.2) is 4.98 Å². The summed E-state index contributed by atoms with van der Waals surface area (Å²) in [6.45, 7) is 0. The molecule has 0 saturated heterocycles. The van der Waals surface area contributed by atoms with Gasteiger partial charge >= 0.3 is 6.18 Å². The Kier molecular flexibility index (Phi) is 3.71. The third-order valence-electron chi connectivity index (χ3n) is 2.22. The van der Waals surface area contributed by atoms with Crippen molar-refractivity contribution in [3.63, 3.8) is 0 Å². The first-order chi connectivity index (χ1) is 8.51. The quantitative estimate of drug-likeness (QED) is 0.429. The molecular formula is C9H2BrCl3F4N2. The van der Waals surface area contributed by atoms with E-state index in [1.54, 1.807) is 0 Å². The van der Waals surface area contributed by atoms with Gasteiger partial charge in [0, 0.05) is 4.47 Å². The van der Waals surface area contributed by atoms with Crippen molar-refractivity contribution in [2.45, 2.75) is 9.97 Å². The minimum absolute atomic E-state index is 0.0845. The molecule has 1 aromatic heterocycles. The van der Waals surface area contributed by atoms with E-state index >= 15 is 0 Å². The van der Waals surface area contributed by atoms with Gasteiger partial charge in [-0.2, -0.15) is 18.0 Å². The van der Waals surface area contributed by atoms with Crippen LogP contribution in [-0.2, 0) is 9.97 Å². The van der Waals surface area contributed by atoms with Gasteiger partial charge in [0.25, 0.3) is 3.79 Å². The number of halogens is 8. The number of aromatic nitrogens is 2. The van der Waals surface area contributed by atoms with E-state index in [2.05, 4.69) is 20.9 Å². The van der Waals surface area contributed by atoms with Crippen LogP contribution in [-0.4, -0.2) is 9.77 Å². The zero-order valence-electron chi connectivity index (χ0n) is 8.57. The molecule has 0 unspecified atom stereocenters. The molecule has 1 aromatic carbocycles. The normalized spacial score (nSPS) is 13.3. The number of hydrogen-bond acceptors (Lipinski definition) is 1. The predicted octanol–water partition coefficient (Wildman–Crippen LogP) is 5.38. The van der Waals surface area contributed by atoms with Gasteiger partial charge in [-0.1, -0.05) is 55.2 Å². The Morgan fingerprint density at radius 1 is 1.16 bits per heavy atom. The molecule has 0 aliphatic heterocycles.